The summed E-state index contributed by atoms with van der Waals surface area (Å²) in [5.41, 5.74) is 2.56. The molecule has 1 amide bonds. The maximum absolute atomic E-state index is 13.1. The normalized spacial score (nSPS) is 18.2. The van der Waals surface area contributed by atoms with E-state index in [1.54, 1.807) is 13.0 Å². The number of aliphatic imine (C=N–C) groups is 1. The molecule has 2 aliphatic heterocycles. The number of carbonyl (C=O) groups excluding carboxylic acids is 2. The first-order valence-corrected chi connectivity index (χ1v) is 11.6. The van der Waals surface area contributed by atoms with Gasteiger partial charge in [-0.2, -0.15) is 0 Å². The van der Waals surface area contributed by atoms with Gasteiger partial charge in [0.2, 0.25) is 5.91 Å². The number of rotatable bonds is 7. The third-order valence-electron chi connectivity index (χ3n) is 4.81. The Labute approximate surface area is 192 Å². The highest BCUT2D eigenvalue weighted by atomic mass is 35.5. The number of hydrogen-bond acceptors (Lipinski definition) is 6. The maximum Gasteiger partial charge on any atom is 0.338 e. The van der Waals surface area contributed by atoms with Crippen LogP contribution in [0.5, 0.6) is 0 Å². The summed E-state index contributed by atoms with van der Waals surface area (Å²) in [5.74, 6) is -0.139. The summed E-state index contributed by atoms with van der Waals surface area (Å²) >= 11 is 8.00. The van der Waals surface area contributed by atoms with Gasteiger partial charge in [0, 0.05) is 17.3 Å². The summed E-state index contributed by atoms with van der Waals surface area (Å²) in [6.45, 7) is 10.1. The van der Waals surface area contributed by atoms with Gasteiger partial charge in [-0.25, -0.2) is 9.79 Å². The first-order chi connectivity index (χ1) is 14.7. The Bertz CT molecular complexity index is 969. The van der Waals surface area contributed by atoms with Crippen LogP contribution in [-0.4, -0.2) is 34.6 Å². The van der Waals surface area contributed by atoms with Crippen LogP contribution >= 0.6 is 23.4 Å². The van der Waals surface area contributed by atoms with E-state index in [-0.39, 0.29) is 18.4 Å². The summed E-state index contributed by atoms with van der Waals surface area (Å²) in [7, 11) is 0. The predicted molar refractivity (Wildman–Crippen MR) is 126 cm³/mol. The van der Waals surface area contributed by atoms with E-state index in [0.717, 1.165) is 16.4 Å². The number of allylic oxidation sites excluding steroid dienone is 1. The highest BCUT2D eigenvalue weighted by Gasteiger charge is 2.42. The number of amides is 1. The van der Waals surface area contributed by atoms with Gasteiger partial charge in [0.05, 0.1) is 29.8 Å². The van der Waals surface area contributed by atoms with Gasteiger partial charge in [0.15, 0.2) is 5.17 Å². The van der Waals surface area contributed by atoms with Crippen LogP contribution in [-0.2, 0) is 14.3 Å². The third-order valence-corrected chi connectivity index (χ3v) is 6.05. The lowest BCUT2D eigenvalue weighted by Crippen LogP contribution is -2.38. The van der Waals surface area contributed by atoms with Crippen LogP contribution in [0.1, 0.15) is 52.6 Å². The Kier molecular flexibility index (Phi) is 7.49. The Hall–Kier alpha value is -2.25. The van der Waals surface area contributed by atoms with Gasteiger partial charge in [0.25, 0.3) is 0 Å². The van der Waals surface area contributed by atoms with Crippen LogP contribution in [0.25, 0.3) is 0 Å². The molecule has 2 heterocycles. The fourth-order valence-electron chi connectivity index (χ4n) is 3.44. The van der Waals surface area contributed by atoms with E-state index in [9.17, 15) is 9.59 Å². The van der Waals surface area contributed by atoms with Gasteiger partial charge >= 0.3 is 5.97 Å². The molecule has 1 atom stereocenters. The second-order valence-corrected chi connectivity index (χ2v) is 9.49. The smallest absolute Gasteiger partial charge is 0.338 e. The van der Waals surface area contributed by atoms with Crippen LogP contribution in [0.3, 0.4) is 0 Å². The van der Waals surface area contributed by atoms with Gasteiger partial charge < -0.3 is 15.0 Å². The quantitative estimate of drug-likeness (QED) is 0.576. The first kappa shape index (κ1) is 23.4. The molecule has 0 radical (unpaired) electrons. The molecule has 0 saturated heterocycles. The molecular formula is C23H28ClN3O3S. The fraction of sp³-hybridized carbons (Fsp3) is 0.435. The van der Waals surface area contributed by atoms with Crippen molar-refractivity contribution in [3.63, 3.8) is 0 Å². The molecule has 3 rings (SSSR count). The van der Waals surface area contributed by atoms with Crippen molar-refractivity contribution in [1.82, 2.24) is 10.2 Å². The van der Waals surface area contributed by atoms with Crippen molar-refractivity contribution in [1.29, 1.82) is 0 Å². The van der Waals surface area contributed by atoms with Crippen molar-refractivity contribution in [3.05, 3.63) is 57.2 Å². The van der Waals surface area contributed by atoms with Crippen LogP contribution < -0.4 is 5.32 Å². The van der Waals surface area contributed by atoms with E-state index in [2.05, 4.69) is 10.3 Å². The number of nitrogens with zero attached hydrogens (tertiary/aromatic N) is 2. The number of fused-ring (bicyclic) bond motifs is 1. The third kappa shape index (κ3) is 5.33. The van der Waals surface area contributed by atoms with E-state index in [1.807, 2.05) is 56.2 Å². The van der Waals surface area contributed by atoms with Crippen LogP contribution in [0.15, 0.2) is 51.6 Å². The standard InChI is InChI=1S/C23H28ClN3O3S/c1-13(2)11-25-19(28)10-16-12-31-23-26-15(5)20(22(29)30-14(3)4)21(27(16)23)17-8-6-7-9-18(17)24/h6-9,12-14,21H,10-11H2,1-5H3,(H,25,28)/t21-/m0/s1. The van der Waals surface area contributed by atoms with Crippen molar-refractivity contribution < 1.29 is 14.3 Å². The average molecular weight is 462 g/mol. The second-order valence-electron chi connectivity index (χ2n) is 8.24. The Balaban J connectivity index is 2.00. The number of halogens is 1. The molecule has 0 aliphatic carbocycles. The number of thioether (sulfide) groups is 1. The van der Waals surface area contributed by atoms with Gasteiger partial charge in [-0.3, -0.25) is 4.79 Å². The topological polar surface area (TPSA) is 71.0 Å². The molecule has 31 heavy (non-hydrogen) atoms. The molecule has 0 aromatic heterocycles. The van der Waals surface area contributed by atoms with E-state index in [4.69, 9.17) is 16.3 Å². The zero-order valence-corrected chi connectivity index (χ0v) is 20.0. The summed E-state index contributed by atoms with van der Waals surface area (Å²) in [6, 6.07) is 6.90. The minimum Gasteiger partial charge on any atom is -0.459 e. The number of ether oxygens (including phenoxy) is 1. The molecule has 6 nitrogen and oxygen atoms in total. The second kappa shape index (κ2) is 9.92. The zero-order chi connectivity index (χ0) is 22.7. The largest absolute Gasteiger partial charge is 0.459 e. The van der Waals surface area contributed by atoms with E-state index < -0.39 is 12.0 Å². The number of benzene rings is 1. The lowest BCUT2D eigenvalue weighted by Gasteiger charge is -2.36. The molecule has 2 aliphatic rings. The molecule has 0 unspecified atom stereocenters. The maximum atomic E-state index is 13.1. The number of amidine groups is 1. The van der Waals surface area contributed by atoms with Crippen LogP contribution in [0, 0.1) is 5.92 Å². The lowest BCUT2D eigenvalue weighted by atomic mass is 9.93. The Morgan fingerprint density at radius 1 is 1.26 bits per heavy atom. The number of nitrogens with one attached hydrogen (secondary N) is 1. The van der Waals surface area contributed by atoms with Crippen LogP contribution in [0.2, 0.25) is 5.02 Å². The molecule has 1 aromatic rings. The minimum atomic E-state index is -0.522. The van der Waals surface area contributed by atoms with Gasteiger partial charge in [-0.05, 0) is 43.7 Å². The van der Waals surface area contributed by atoms with Gasteiger partial charge in [0.1, 0.15) is 0 Å². The summed E-state index contributed by atoms with van der Waals surface area (Å²) < 4.78 is 5.54. The highest BCUT2D eigenvalue weighted by molar-refractivity contribution is 8.16. The lowest BCUT2D eigenvalue weighted by molar-refractivity contribution is -0.143. The Morgan fingerprint density at radius 3 is 2.61 bits per heavy atom. The Morgan fingerprint density at radius 2 is 1.97 bits per heavy atom. The molecule has 1 N–H and O–H groups in total. The van der Waals surface area contributed by atoms with Crippen molar-refractivity contribution in [2.75, 3.05) is 6.54 Å². The zero-order valence-electron chi connectivity index (χ0n) is 18.4. The molecule has 0 spiro atoms. The van der Waals surface area contributed by atoms with Crippen molar-refractivity contribution in [2.24, 2.45) is 10.9 Å². The average Bonchev–Trinajstić information content (AvgIpc) is 3.07. The van der Waals surface area contributed by atoms with Crippen molar-refractivity contribution >= 4 is 40.4 Å². The first-order valence-electron chi connectivity index (χ1n) is 10.4. The fourth-order valence-corrected chi connectivity index (χ4v) is 4.65. The van der Waals surface area contributed by atoms with Crippen molar-refractivity contribution in [3.8, 4) is 0 Å². The van der Waals surface area contributed by atoms with Crippen molar-refractivity contribution in [2.45, 2.75) is 53.2 Å². The van der Waals surface area contributed by atoms with Gasteiger partial charge in [-0.15, -0.1) is 0 Å². The SMILES string of the molecule is CC1=C(C(=O)OC(C)C)[C@H](c2ccccc2Cl)N2C(CC(=O)NCC(C)C)=CSC2=N1. The highest BCUT2D eigenvalue weighted by Crippen LogP contribution is 2.46. The molecule has 1 aromatic carbocycles. The molecule has 0 saturated carbocycles. The monoisotopic (exact) mass is 461 g/mol. The molecule has 0 bridgehead atoms. The van der Waals surface area contributed by atoms with E-state index >= 15 is 0 Å². The molecule has 0 fully saturated rings. The van der Waals surface area contributed by atoms with E-state index in [1.165, 1.54) is 11.8 Å². The minimum absolute atomic E-state index is 0.0720. The summed E-state index contributed by atoms with van der Waals surface area (Å²) in [5, 5.41) is 6.13. The van der Waals surface area contributed by atoms with E-state index in [0.29, 0.717) is 28.8 Å². The summed E-state index contributed by atoms with van der Waals surface area (Å²) in [6.07, 6.45) is -0.0829. The molecule has 8 heteroatoms. The molecular weight excluding hydrogens is 434 g/mol. The van der Waals surface area contributed by atoms with Crippen LogP contribution in [0.4, 0.5) is 0 Å². The number of esters is 1. The summed E-state index contributed by atoms with van der Waals surface area (Å²) in [4.78, 5) is 32.2. The van der Waals surface area contributed by atoms with Gasteiger partial charge in [-0.1, -0.05) is 55.4 Å². The number of hydrogen-bond donors (Lipinski definition) is 1. The molecule has 166 valence electrons. The predicted octanol–water partition coefficient (Wildman–Crippen LogP) is 5.03. The number of carbonyl (C=O) groups is 2.